The highest BCUT2D eigenvalue weighted by Gasteiger charge is 2.46. The van der Waals surface area contributed by atoms with Gasteiger partial charge in [0.2, 0.25) is 0 Å². The standard InChI is InChI=1S/C35H35FO5/c36-21-31-33(38-23-28-15-7-2-8-16-28)35(40-25-30-19-11-4-12-20-30)34(39-24-29-17-9-3-10-18-29)32(41-31)26-37-22-27-13-5-1-6-14-27/h1-21,32-35H,22-26H2/b31-21-/t32-,33+,34+,35-/m1/s1. The molecule has 1 aliphatic rings. The molecular formula is C35H35FO5. The Labute approximate surface area is 241 Å². The van der Waals surface area contributed by atoms with Gasteiger partial charge in [0.15, 0.2) is 11.9 Å². The lowest BCUT2D eigenvalue weighted by Gasteiger charge is -2.43. The molecule has 1 aliphatic heterocycles. The van der Waals surface area contributed by atoms with Gasteiger partial charge in [-0.15, -0.1) is 0 Å². The number of ether oxygens (including phenoxy) is 5. The molecule has 1 heterocycles. The molecule has 0 bridgehead atoms. The Bertz CT molecular complexity index is 1320. The van der Waals surface area contributed by atoms with Crippen molar-refractivity contribution in [1.29, 1.82) is 0 Å². The van der Waals surface area contributed by atoms with Crippen LogP contribution in [0.25, 0.3) is 0 Å². The minimum absolute atomic E-state index is 0.0619. The van der Waals surface area contributed by atoms with E-state index in [1.807, 2.05) is 121 Å². The smallest absolute Gasteiger partial charge is 0.156 e. The Morgan fingerprint density at radius 1 is 0.537 bits per heavy atom. The Balaban J connectivity index is 1.39. The van der Waals surface area contributed by atoms with Gasteiger partial charge >= 0.3 is 0 Å². The lowest BCUT2D eigenvalue weighted by molar-refractivity contribution is -0.224. The van der Waals surface area contributed by atoms with Crippen LogP contribution in [0.2, 0.25) is 0 Å². The second-order valence-corrected chi connectivity index (χ2v) is 9.91. The number of hydrogen-bond acceptors (Lipinski definition) is 5. The number of hydrogen-bond donors (Lipinski definition) is 0. The minimum Gasteiger partial charge on any atom is -0.484 e. The molecule has 0 aromatic heterocycles. The van der Waals surface area contributed by atoms with Crippen LogP contribution < -0.4 is 0 Å². The van der Waals surface area contributed by atoms with Crippen LogP contribution in [0.3, 0.4) is 0 Å². The molecule has 1 saturated heterocycles. The van der Waals surface area contributed by atoms with Crippen molar-refractivity contribution in [2.45, 2.75) is 50.8 Å². The summed E-state index contributed by atoms with van der Waals surface area (Å²) in [5.41, 5.74) is 3.99. The average molecular weight is 555 g/mol. The lowest BCUT2D eigenvalue weighted by atomic mass is 9.97. The minimum atomic E-state index is -0.824. The van der Waals surface area contributed by atoms with E-state index in [1.54, 1.807) is 0 Å². The molecule has 5 rings (SSSR count). The first-order chi connectivity index (χ1) is 20.3. The summed E-state index contributed by atoms with van der Waals surface area (Å²) in [4.78, 5) is 0. The van der Waals surface area contributed by atoms with E-state index in [1.165, 1.54) is 0 Å². The second-order valence-electron chi connectivity index (χ2n) is 9.91. The van der Waals surface area contributed by atoms with Gasteiger partial charge in [-0.3, -0.25) is 0 Å². The van der Waals surface area contributed by atoms with Crippen molar-refractivity contribution in [3.05, 3.63) is 156 Å². The molecule has 0 unspecified atom stereocenters. The van der Waals surface area contributed by atoms with Crippen molar-refractivity contribution in [2.24, 2.45) is 0 Å². The van der Waals surface area contributed by atoms with Gasteiger partial charge in [-0.2, -0.15) is 0 Å². The largest absolute Gasteiger partial charge is 0.484 e. The summed E-state index contributed by atoms with van der Waals surface area (Å²) in [6, 6.07) is 39.4. The quantitative estimate of drug-likeness (QED) is 0.175. The van der Waals surface area contributed by atoms with Gasteiger partial charge in [0.25, 0.3) is 0 Å². The third kappa shape index (κ3) is 8.35. The van der Waals surface area contributed by atoms with E-state index in [0.717, 1.165) is 22.3 Å². The van der Waals surface area contributed by atoms with Crippen LogP contribution in [0.15, 0.2) is 133 Å². The van der Waals surface area contributed by atoms with Crippen LogP contribution in [0.4, 0.5) is 4.39 Å². The predicted octanol–water partition coefficient (Wildman–Crippen LogP) is 7.17. The second kappa shape index (κ2) is 15.3. The summed E-state index contributed by atoms with van der Waals surface area (Å²) in [6.45, 7) is 1.47. The fraction of sp³-hybridized carbons (Fsp3) is 0.257. The van der Waals surface area contributed by atoms with E-state index in [9.17, 15) is 4.39 Å². The van der Waals surface area contributed by atoms with Gasteiger partial charge in [-0.05, 0) is 22.3 Å². The Hall–Kier alpha value is -3.81. The molecule has 0 saturated carbocycles. The summed E-state index contributed by atoms with van der Waals surface area (Å²) >= 11 is 0. The Morgan fingerprint density at radius 3 is 1.41 bits per heavy atom. The fourth-order valence-corrected chi connectivity index (χ4v) is 4.79. The van der Waals surface area contributed by atoms with E-state index >= 15 is 0 Å². The molecule has 0 amide bonds. The lowest BCUT2D eigenvalue weighted by Crippen LogP contribution is -2.56. The SMILES string of the molecule is F/C=C1\O[C@H](COCc2ccccc2)[C@H](OCc2ccccc2)[C@H](OCc2ccccc2)[C@H]1OCc1ccccc1. The number of halogens is 1. The first kappa shape index (κ1) is 28.7. The van der Waals surface area contributed by atoms with Gasteiger partial charge in [0, 0.05) is 0 Å². The first-order valence-electron chi connectivity index (χ1n) is 13.9. The van der Waals surface area contributed by atoms with Crippen molar-refractivity contribution in [2.75, 3.05) is 6.61 Å². The van der Waals surface area contributed by atoms with E-state index in [-0.39, 0.29) is 19.0 Å². The molecule has 0 radical (unpaired) electrons. The zero-order valence-electron chi connectivity index (χ0n) is 22.9. The van der Waals surface area contributed by atoms with Crippen LogP contribution in [-0.4, -0.2) is 31.0 Å². The zero-order chi connectivity index (χ0) is 28.1. The third-order valence-electron chi connectivity index (χ3n) is 6.90. The summed E-state index contributed by atoms with van der Waals surface area (Å²) in [5, 5.41) is 0. The highest BCUT2D eigenvalue weighted by atomic mass is 19.1. The van der Waals surface area contributed by atoms with Crippen molar-refractivity contribution >= 4 is 0 Å². The predicted molar refractivity (Wildman–Crippen MR) is 155 cm³/mol. The molecule has 4 aromatic rings. The Morgan fingerprint density at radius 2 is 0.951 bits per heavy atom. The zero-order valence-corrected chi connectivity index (χ0v) is 22.9. The van der Waals surface area contributed by atoms with Crippen molar-refractivity contribution in [3.63, 3.8) is 0 Å². The van der Waals surface area contributed by atoms with E-state index in [2.05, 4.69) is 0 Å². The van der Waals surface area contributed by atoms with E-state index < -0.39 is 24.4 Å². The van der Waals surface area contributed by atoms with Crippen molar-refractivity contribution in [3.8, 4) is 0 Å². The molecule has 41 heavy (non-hydrogen) atoms. The van der Waals surface area contributed by atoms with Gasteiger partial charge < -0.3 is 23.7 Å². The van der Waals surface area contributed by atoms with Crippen LogP contribution in [-0.2, 0) is 50.1 Å². The topological polar surface area (TPSA) is 46.2 Å². The van der Waals surface area contributed by atoms with Gasteiger partial charge in [0.1, 0.15) is 24.6 Å². The highest BCUT2D eigenvalue weighted by molar-refractivity contribution is 5.18. The maximum Gasteiger partial charge on any atom is 0.156 e. The van der Waals surface area contributed by atoms with E-state index in [4.69, 9.17) is 23.7 Å². The molecule has 1 fully saturated rings. The highest BCUT2D eigenvalue weighted by Crippen LogP contribution is 2.33. The van der Waals surface area contributed by atoms with Gasteiger partial charge in [0.05, 0.1) is 33.0 Å². The van der Waals surface area contributed by atoms with E-state index in [0.29, 0.717) is 26.2 Å². The number of benzene rings is 4. The Kier molecular flexibility index (Phi) is 10.7. The van der Waals surface area contributed by atoms with Crippen LogP contribution >= 0.6 is 0 Å². The van der Waals surface area contributed by atoms with Crippen LogP contribution in [0.5, 0.6) is 0 Å². The maximum absolute atomic E-state index is 14.4. The molecule has 4 aromatic carbocycles. The molecule has 6 heteroatoms. The first-order valence-corrected chi connectivity index (χ1v) is 13.9. The summed E-state index contributed by atoms with van der Waals surface area (Å²) in [7, 11) is 0. The fourth-order valence-electron chi connectivity index (χ4n) is 4.79. The molecular weight excluding hydrogens is 519 g/mol. The molecule has 0 aliphatic carbocycles. The normalized spacial score (nSPS) is 21.4. The monoisotopic (exact) mass is 554 g/mol. The summed E-state index contributed by atoms with van der Waals surface area (Å²) in [6.07, 6.45) is -2.24. The third-order valence-corrected chi connectivity index (χ3v) is 6.90. The molecule has 0 spiro atoms. The van der Waals surface area contributed by atoms with Crippen molar-refractivity contribution in [1.82, 2.24) is 0 Å². The maximum atomic E-state index is 14.4. The van der Waals surface area contributed by atoms with Crippen molar-refractivity contribution < 1.29 is 28.1 Å². The van der Waals surface area contributed by atoms with Gasteiger partial charge in [-0.25, -0.2) is 4.39 Å². The molecule has 4 atom stereocenters. The molecule has 5 nitrogen and oxygen atoms in total. The van der Waals surface area contributed by atoms with Gasteiger partial charge in [-0.1, -0.05) is 121 Å². The summed E-state index contributed by atoms with van der Waals surface area (Å²) < 4.78 is 46.0. The number of rotatable bonds is 13. The average Bonchev–Trinajstić information content (AvgIpc) is 3.04. The molecule has 0 N–H and O–H groups in total. The van der Waals surface area contributed by atoms with Crippen LogP contribution in [0.1, 0.15) is 22.3 Å². The van der Waals surface area contributed by atoms with Crippen LogP contribution in [0, 0.1) is 0 Å². The molecule has 212 valence electrons. The summed E-state index contributed by atoms with van der Waals surface area (Å²) in [5.74, 6) is 0.0619.